The molecule has 0 radical (unpaired) electrons. The van der Waals surface area contributed by atoms with Gasteiger partial charge < -0.3 is 10.4 Å². The Labute approximate surface area is 62.1 Å². The van der Waals surface area contributed by atoms with E-state index in [1.807, 2.05) is 6.92 Å². The fourth-order valence-electron chi connectivity index (χ4n) is 0.965. The van der Waals surface area contributed by atoms with Crippen molar-refractivity contribution in [3.05, 3.63) is 0 Å². The predicted octanol–water partition coefficient (Wildman–Crippen LogP) is 0.543. The van der Waals surface area contributed by atoms with Crippen LogP contribution in [0.1, 0.15) is 19.8 Å². The summed E-state index contributed by atoms with van der Waals surface area (Å²) in [6.07, 6.45) is 1.79. The highest BCUT2D eigenvalue weighted by Crippen LogP contribution is 2.15. The monoisotopic (exact) mass is 151 g/mol. The first kappa shape index (κ1) is 9.21. The average Bonchev–Trinajstić information content (AvgIpc) is 1.65. The molecule has 0 aliphatic carbocycles. The Morgan fingerprint density at radius 1 is 1.33 bits per heavy atom. The molecule has 0 aromatic carbocycles. The van der Waals surface area contributed by atoms with Crippen LogP contribution in [0.25, 0.3) is 0 Å². The maximum Gasteiger partial charge on any atom is 0.0644 e. The summed E-state index contributed by atoms with van der Waals surface area (Å²) >= 11 is 0. The van der Waals surface area contributed by atoms with Gasteiger partial charge in [0.05, 0.1) is 5.60 Å². The largest absolute Gasteiger partial charge is 0.390 e. The van der Waals surface area contributed by atoms with Crippen molar-refractivity contribution in [2.24, 2.45) is 0 Å². The first-order valence-corrected chi connectivity index (χ1v) is 3.14. The fourth-order valence-corrected chi connectivity index (χ4v) is 0.965. The standard InChI is InChI=1S/C6H13NO.ClH/c1-6(8)2-4-7-5-3-6;/h7-8H,2-5H2,1H3;1H. The molecule has 1 saturated heterocycles. The summed E-state index contributed by atoms with van der Waals surface area (Å²) in [5.41, 5.74) is -0.384. The van der Waals surface area contributed by atoms with Crippen molar-refractivity contribution in [1.82, 2.24) is 5.32 Å². The average molecular weight is 152 g/mol. The van der Waals surface area contributed by atoms with E-state index in [4.69, 9.17) is 0 Å². The van der Waals surface area contributed by atoms with E-state index in [1.54, 1.807) is 0 Å². The molecule has 1 aliphatic rings. The van der Waals surface area contributed by atoms with E-state index < -0.39 is 0 Å². The van der Waals surface area contributed by atoms with Crippen molar-refractivity contribution >= 4 is 12.4 Å². The second-order valence-electron chi connectivity index (χ2n) is 2.75. The third-order valence-electron chi connectivity index (χ3n) is 1.68. The second-order valence-corrected chi connectivity index (χ2v) is 2.75. The highest BCUT2D eigenvalue weighted by atomic mass is 35.5. The molecule has 1 aliphatic heterocycles. The fraction of sp³-hybridized carbons (Fsp3) is 1.00. The minimum atomic E-state index is -0.384. The van der Waals surface area contributed by atoms with Crippen molar-refractivity contribution in [3.8, 4) is 0 Å². The molecule has 0 atom stereocenters. The lowest BCUT2D eigenvalue weighted by Gasteiger charge is -2.27. The Hall–Kier alpha value is 0.210. The molecule has 0 aromatic heterocycles. The quantitative estimate of drug-likeness (QED) is 0.530. The summed E-state index contributed by atoms with van der Waals surface area (Å²) in [5, 5.41) is 12.5. The van der Waals surface area contributed by atoms with Crippen molar-refractivity contribution < 1.29 is 5.11 Å². The Morgan fingerprint density at radius 3 is 2.00 bits per heavy atom. The van der Waals surface area contributed by atoms with E-state index in [1.165, 1.54) is 0 Å². The molecule has 9 heavy (non-hydrogen) atoms. The van der Waals surface area contributed by atoms with Gasteiger partial charge >= 0.3 is 0 Å². The van der Waals surface area contributed by atoms with Crippen LogP contribution in [0, 0.1) is 0 Å². The van der Waals surface area contributed by atoms with Gasteiger partial charge in [0.25, 0.3) is 0 Å². The Morgan fingerprint density at radius 2 is 1.78 bits per heavy atom. The van der Waals surface area contributed by atoms with Crippen LogP contribution in [-0.2, 0) is 0 Å². The van der Waals surface area contributed by atoms with Crippen LogP contribution in [-0.4, -0.2) is 23.8 Å². The zero-order valence-electron chi connectivity index (χ0n) is 5.68. The number of halogens is 1. The maximum absolute atomic E-state index is 9.33. The van der Waals surface area contributed by atoms with Gasteiger partial charge in [0.2, 0.25) is 0 Å². The molecule has 3 heteroatoms. The van der Waals surface area contributed by atoms with Crippen molar-refractivity contribution in [1.29, 1.82) is 0 Å². The number of aliphatic hydroxyl groups is 1. The summed E-state index contributed by atoms with van der Waals surface area (Å²) in [5.74, 6) is 0. The van der Waals surface area contributed by atoms with Crippen LogP contribution < -0.4 is 5.32 Å². The van der Waals surface area contributed by atoms with Gasteiger partial charge in [-0.05, 0) is 32.9 Å². The molecule has 0 amide bonds. The molecule has 1 rings (SSSR count). The molecule has 0 aromatic rings. The van der Waals surface area contributed by atoms with Crippen molar-refractivity contribution in [2.45, 2.75) is 25.4 Å². The summed E-state index contributed by atoms with van der Waals surface area (Å²) in [6.45, 7) is 3.83. The third-order valence-corrected chi connectivity index (χ3v) is 1.68. The topological polar surface area (TPSA) is 32.3 Å². The van der Waals surface area contributed by atoms with E-state index in [0.717, 1.165) is 25.9 Å². The zero-order chi connectivity index (χ0) is 6.04. The summed E-state index contributed by atoms with van der Waals surface area (Å²) in [7, 11) is 0. The second kappa shape index (κ2) is 3.40. The van der Waals surface area contributed by atoms with Gasteiger partial charge in [-0.3, -0.25) is 0 Å². The van der Waals surface area contributed by atoms with Crippen molar-refractivity contribution in [2.75, 3.05) is 13.1 Å². The maximum atomic E-state index is 9.33. The molecule has 0 bridgehead atoms. The van der Waals surface area contributed by atoms with Gasteiger partial charge in [-0.2, -0.15) is 0 Å². The third kappa shape index (κ3) is 3.04. The number of nitrogens with one attached hydrogen (secondary N) is 1. The molecular weight excluding hydrogens is 138 g/mol. The van der Waals surface area contributed by atoms with E-state index in [9.17, 15) is 5.11 Å². The number of hydrogen-bond donors (Lipinski definition) is 2. The van der Waals surface area contributed by atoms with Gasteiger partial charge in [-0.15, -0.1) is 12.4 Å². The number of hydrogen-bond acceptors (Lipinski definition) is 2. The van der Waals surface area contributed by atoms with Gasteiger partial charge in [0, 0.05) is 0 Å². The Kier molecular flexibility index (Phi) is 3.48. The van der Waals surface area contributed by atoms with Gasteiger partial charge in [0.15, 0.2) is 0 Å². The number of rotatable bonds is 0. The summed E-state index contributed by atoms with van der Waals surface area (Å²) in [4.78, 5) is 0. The molecule has 0 spiro atoms. The summed E-state index contributed by atoms with van der Waals surface area (Å²) in [6, 6.07) is 0. The van der Waals surface area contributed by atoms with E-state index >= 15 is 0 Å². The molecule has 56 valence electrons. The minimum Gasteiger partial charge on any atom is -0.390 e. The molecular formula is C6H14ClNO. The molecule has 1 fully saturated rings. The minimum absolute atomic E-state index is 0. The van der Waals surface area contributed by atoms with Gasteiger partial charge in [-0.25, -0.2) is 0 Å². The van der Waals surface area contributed by atoms with Crippen molar-refractivity contribution in [3.63, 3.8) is 0 Å². The van der Waals surface area contributed by atoms with Crippen LogP contribution in [0.4, 0.5) is 0 Å². The van der Waals surface area contributed by atoms with Gasteiger partial charge in [0.1, 0.15) is 0 Å². The summed E-state index contributed by atoms with van der Waals surface area (Å²) < 4.78 is 0. The van der Waals surface area contributed by atoms with E-state index in [-0.39, 0.29) is 18.0 Å². The van der Waals surface area contributed by atoms with E-state index in [0.29, 0.717) is 0 Å². The smallest absolute Gasteiger partial charge is 0.0644 e. The molecule has 0 unspecified atom stereocenters. The molecule has 2 N–H and O–H groups in total. The lowest BCUT2D eigenvalue weighted by Crippen LogP contribution is -2.39. The molecule has 0 saturated carbocycles. The highest BCUT2D eigenvalue weighted by Gasteiger charge is 2.21. The Bertz CT molecular complexity index is 77.1. The SMILES string of the molecule is CC1(O)CCNCC1.Cl. The first-order valence-electron chi connectivity index (χ1n) is 3.14. The normalized spacial score (nSPS) is 24.7. The van der Waals surface area contributed by atoms with Crippen LogP contribution in [0.5, 0.6) is 0 Å². The Balaban J connectivity index is 0.000000640. The zero-order valence-corrected chi connectivity index (χ0v) is 6.50. The van der Waals surface area contributed by atoms with E-state index in [2.05, 4.69) is 5.32 Å². The highest BCUT2D eigenvalue weighted by molar-refractivity contribution is 5.85. The lowest BCUT2D eigenvalue weighted by atomic mass is 9.95. The predicted molar refractivity (Wildman–Crippen MR) is 40.0 cm³/mol. The first-order chi connectivity index (χ1) is 3.71. The number of piperidine rings is 1. The lowest BCUT2D eigenvalue weighted by molar-refractivity contribution is 0.0291. The van der Waals surface area contributed by atoms with Crippen LogP contribution in [0.15, 0.2) is 0 Å². The molecule has 2 nitrogen and oxygen atoms in total. The van der Waals surface area contributed by atoms with Crippen LogP contribution in [0.2, 0.25) is 0 Å². The van der Waals surface area contributed by atoms with Gasteiger partial charge in [-0.1, -0.05) is 0 Å². The van der Waals surface area contributed by atoms with Crippen LogP contribution >= 0.6 is 12.4 Å². The van der Waals surface area contributed by atoms with Crippen LogP contribution in [0.3, 0.4) is 0 Å². The molecule has 1 heterocycles.